The maximum atomic E-state index is 6.62. The number of benzene rings is 8. The largest absolute Gasteiger partial charge is 0.456 e. The Bertz CT molecular complexity index is 2670. The third-order valence-corrected chi connectivity index (χ3v) is 10.7. The van der Waals surface area contributed by atoms with Crippen LogP contribution in [0.5, 0.6) is 0 Å². The second-order valence-corrected chi connectivity index (χ2v) is 13.5. The lowest BCUT2D eigenvalue weighted by Crippen LogP contribution is -2.22. The molecule has 0 atom stereocenters. The molecular formula is C48H33NO. The molecule has 0 N–H and O–H groups in total. The highest BCUT2D eigenvalue weighted by Gasteiger charge is 2.42. The first kappa shape index (κ1) is 28.6. The van der Waals surface area contributed by atoms with Gasteiger partial charge >= 0.3 is 0 Å². The Kier molecular flexibility index (Phi) is 6.34. The Balaban J connectivity index is 1.19. The van der Waals surface area contributed by atoms with E-state index in [9.17, 15) is 0 Å². The van der Waals surface area contributed by atoms with Gasteiger partial charge in [0.05, 0.1) is 0 Å². The van der Waals surface area contributed by atoms with Gasteiger partial charge in [0.25, 0.3) is 0 Å². The maximum Gasteiger partial charge on any atom is 0.135 e. The molecule has 0 saturated carbocycles. The minimum absolute atomic E-state index is 0.342. The summed E-state index contributed by atoms with van der Waals surface area (Å²) in [6, 6.07) is 65.7. The lowest BCUT2D eigenvalue weighted by Gasteiger charge is -2.29. The zero-order valence-corrected chi connectivity index (χ0v) is 27.7. The van der Waals surface area contributed by atoms with E-state index in [1.54, 1.807) is 0 Å². The first-order valence-corrected chi connectivity index (χ1v) is 17.3. The zero-order chi connectivity index (χ0) is 33.2. The van der Waals surface area contributed by atoms with Crippen LogP contribution in [0.2, 0.25) is 0 Å². The van der Waals surface area contributed by atoms with Crippen molar-refractivity contribution in [3.63, 3.8) is 0 Å². The van der Waals surface area contributed by atoms with Crippen LogP contribution >= 0.6 is 0 Å². The van der Waals surface area contributed by atoms with E-state index >= 15 is 0 Å². The third-order valence-electron chi connectivity index (χ3n) is 10.7. The molecular weight excluding hydrogens is 607 g/mol. The SMILES string of the molecule is CC1(c2cccc3oc4ccc(N(c5ccc(-c6ccccc6)cc5)c5ccc6ccccc6c5)cc4c23)c2ccccc2-c2ccccc21. The number of furan rings is 1. The van der Waals surface area contributed by atoms with Gasteiger partial charge in [-0.1, -0.05) is 133 Å². The normalized spacial score (nSPS) is 13.1. The molecule has 0 spiro atoms. The summed E-state index contributed by atoms with van der Waals surface area (Å²) in [7, 11) is 0. The van der Waals surface area contributed by atoms with Crippen LogP contribution in [0.1, 0.15) is 23.6 Å². The van der Waals surface area contributed by atoms with Crippen molar-refractivity contribution in [1.29, 1.82) is 0 Å². The van der Waals surface area contributed by atoms with Crippen molar-refractivity contribution in [2.24, 2.45) is 0 Å². The molecule has 0 unspecified atom stereocenters. The molecule has 0 saturated heterocycles. The molecule has 0 aliphatic heterocycles. The number of nitrogens with zero attached hydrogens (tertiary/aromatic N) is 1. The van der Waals surface area contributed by atoms with Crippen LogP contribution in [-0.2, 0) is 5.41 Å². The summed E-state index contributed by atoms with van der Waals surface area (Å²) in [6.45, 7) is 2.38. The number of anilines is 3. The standard InChI is InChI=1S/C48H33NO/c1-48(42-18-9-7-16-39(42)40-17-8-10-19-43(40)48)44-20-11-21-46-47(44)41-31-38(28-29-45(41)50-46)49(37-27-24-33-14-5-6-15-35(33)30-37)36-25-22-34(23-26-36)32-12-3-2-4-13-32/h2-31H,1H3. The van der Waals surface area contributed by atoms with Crippen molar-refractivity contribution in [3.8, 4) is 22.3 Å². The summed E-state index contributed by atoms with van der Waals surface area (Å²) in [5.74, 6) is 0. The fourth-order valence-corrected chi connectivity index (χ4v) is 8.31. The quantitative estimate of drug-likeness (QED) is 0.186. The second kappa shape index (κ2) is 11.1. The Morgan fingerprint density at radius 1 is 0.420 bits per heavy atom. The van der Waals surface area contributed by atoms with Gasteiger partial charge in [0.15, 0.2) is 0 Å². The van der Waals surface area contributed by atoms with Crippen molar-refractivity contribution < 1.29 is 4.42 Å². The van der Waals surface area contributed by atoms with E-state index in [1.807, 2.05) is 0 Å². The molecule has 0 amide bonds. The highest BCUT2D eigenvalue weighted by Crippen LogP contribution is 2.54. The molecule has 1 heterocycles. The number of rotatable bonds is 5. The molecule has 1 aliphatic carbocycles. The molecule has 1 aromatic heterocycles. The van der Waals surface area contributed by atoms with Gasteiger partial charge in [-0.2, -0.15) is 0 Å². The maximum absolute atomic E-state index is 6.62. The number of fused-ring (bicyclic) bond motifs is 7. The van der Waals surface area contributed by atoms with Gasteiger partial charge in [0.2, 0.25) is 0 Å². The van der Waals surface area contributed by atoms with Crippen molar-refractivity contribution >= 4 is 49.8 Å². The molecule has 10 rings (SSSR count). The Morgan fingerprint density at radius 2 is 1.00 bits per heavy atom. The summed E-state index contributed by atoms with van der Waals surface area (Å²) in [5, 5.41) is 4.71. The molecule has 0 fully saturated rings. The van der Waals surface area contributed by atoms with Gasteiger partial charge in [-0.05, 0) is 105 Å². The zero-order valence-electron chi connectivity index (χ0n) is 27.7. The smallest absolute Gasteiger partial charge is 0.135 e. The molecule has 1 aliphatic rings. The minimum atomic E-state index is -0.342. The van der Waals surface area contributed by atoms with Crippen molar-refractivity contribution in [2.45, 2.75) is 12.3 Å². The van der Waals surface area contributed by atoms with E-state index < -0.39 is 0 Å². The average Bonchev–Trinajstić information content (AvgIpc) is 3.69. The van der Waals surface area contributed by atoms with Gasteiger partial charge in [-0.25, -0.2) is 0 Å². The molecule has 0 bridgehead atoms. The fraction of sp³-hybridized carbons (Fsp3) is 0.0417. The summed E-state index contributed by atoms with van der Waals surface area (Å²) in [6.07, 6.45) is 0. The van der Waals surface area contributed by atoms with Crippen LogP contribution in [0.25, 0.3) is 55.0 Å². The predicted octanol–water partition coefficient (Wildman–Crippen LogP) is 13.2. The topological polar surface area (TPSA) is 16.4 Å². The molecule has 2 nitrogen and oxygen atoms in total. The van der Waals surface area contributed by atoms with E-state index in [-0.39, 0.29) is 5.41 Å². The first-order chi connectivity index (χ1) is 24.7. The van der Waals surface area contributed by atoms with Crippen molar-refractivity contribution in [2.75, 3.05) is 4.90 Å². The highest BCUT2D eigenvalue weighted by atomic mass is 16.3. The van der Waals surface area contributed by atoms with Crippen molar-refractivity contribution in [1.82, 2.24) is 0 Å². The highest BCUT2D eigenvalue weighted by molar-refractivity contribution is 6.10. The summed E-state index contributed by atoms with van der Waals surface area (Å²) >= 11 is 0. The molecule has 9 aromatic rings. The molecule has 2 heteroatoms. The van der Waals surface area contributed by atoms with E-state index in [1.165, 1.54) is 49.7 Å². The average molecular weight is 640 g/mol. The number of hydrogen-bond donors (Lipinski definition) is 0. The summed E-state index contributed by atoms with van der Waals surface area (Å²) in [4.78, 5) is 2.37. The Hall–Kier alpha value is -6.38. The van der Waals surface area contributed by atoms with E-state index in [0.717, 1.165) is 39.0 Å². The predicted molar refractivity (Wildman–Crippen MR) is 209 cm³/mol. The second-order valence-electron chi connectivity index (χ2n) is 13.5. The van der Waals surface area contributed by atoms with Gasteiger partial charge < -0.3 is 9.32 Å². The van der Waals surface area contributed by atoms with Crippen LogP contribution in [-0.4, -0.2) is 0 Å². The van der Waals surface area contributed by atoms with Crippen LogP contribution in [0.4, 0.5) is 17.1 Å². The Morgan fingerprint density at radius 3 is 1.76 bits per heavy atom. The van der Waals surface area contributed by atoms with Gasteiger partial charge in [0, 0.05) is 33.2 Å². The van der Waals surface area contributed by atoms with E-state index in [2.05, 4.69) is 194 Å². The fourth-order valence-electron chi connectivity index (χ4n) is 8.31. The van der Waals surface area contributed by atoms with Crippen LogP contribution in [0.3, 0.4) is 0 Å². The van der Waals surface area contributed by atoms with Gasteiger partial charge in [-0.15, -0.1) is 0 Å². The molecule has 0 radical (unpaired) electrons. The molecule has 8 aromatic carbocycles. The van der Waals surface area contributed by atoms with Crippen LogP contribution in [0.15, 0.2) is 186 Å². The van der Waals surface area contributed by atoms with E-state index in [0.29, 0.717) is 0 Å². The monoisotopic (exact) mass is 639 g/mol. The first-order valence-electron chi connectivity index (χ1n) is 17.3. The van der Waals surface area contributed by atoms with Crippen LogP contribution in [0, 0.1) is 0 Å². The van der Waals surface area contributed by atoms with Gasteiger partial charge in [0.1, 0.15) is 11.2 Å². The lowest BCUT2D eigenvalue weighted by molar-refractivity contribution is 0.666. The van der Waals surface area contributed by atoms with Gasteiger partial charge in [-0.3, -0.25) is 0 Å². The van der Waals surface area contributed by atoms with Crippen LogP contribution < -0.4 is 4.90 Å². The molecule has 50 heavy (non-hydrogen) atoms. The third kappa shape index (κ3) is 4.28. The minimum Gasteiger partial charge on any atom is -0.456 e. The van der Waals surface area contributed by atoms with Crippen molar-refractivity contribution in [3.05, 3.63) is 199 Å². The number of hydrogen-bond acceptors (Lipinski definition) is 2. The van der Waals surface area contributed by atoms with E-state index in [4.69, 9.17) is 4.42 Å². The summed E-state index contributed by atoms with van der Waals surface area (Å²) < 4.78 is 6.62. The Labute approximate surface area is 291 Å². The summed E-state index contributed by atoms with van der Waals surface area (Å²) in [5.41, 5.74) is 13.7. The molecule has 236 valence electrons. The lowest BCUT2D eigenvalue weighted by atomic mass is 9.73.